The molecule has 1 amide bonds. The van der Waals surface area contributed by atoms with Gasteiger partial charge in [-0.3, -0.25) is 9.69 Å². The van der Waals surface area contributed by atoms with Crippen molar-refractivity contribution in [2.75, 3.05) is 13.7 Å². The Bertz CT molecular complexity index is 828. The Morgan fingerprint density at radius 3 is 2.38 bits per heavy atom. The van der Waals surface area contributed by atoms with Gasteiger partial charge >= 0.3 is 0 Å². The summed E-state index contributed by atoms with van der Waals surface area (Å²) in [6, 6.07) is 16.7. The molecular formula is C23H27ClN2O3. The first-order valence-electron chi connectivity index (χ1n) is 10.2. The zero-order valence-corrected chi connectivity index (χ0v) is 17.4. The molecular weight excluding hydrogens is 388 g/mol. The van der Waals surface area contributed by atoms with E-state index < -0.39 is 0 Å². The fourth-order valence-electron chi connectivity index (χ4n) is 4.60. The van der Waals surface area contributed by atoms with Crippen molar-refractivity contribution in [2.24, 2.45) is 0 Å². The van der Waals surface area contributed by atoms with E-state index in [-0.39, 0.29) is 18.6 Å². The lowest BCUT2D eigenvalue weighted by atomic mass is 9.96. The molecule has 2 fully saturated rings. The Labute approximate surface area is 176 Å². The molecule has 2 heterocycles. The largest absolute Gasteiger partial charge is 0.493 e. The summed E-state index contributed by atoms with van der Waals surface area (Å²) in [7, 11) is 1.59. The number of hydrogen-bond acceptors (Lipinski definition) is 4. The van der Waals surface area contributed by atoms with Gasteiger partial charge in [-0.1, -0.05) is 35.9 Å². The molecule has 2 saturated heterocycles. The number of nitrogens with one attached hydrogen (secondary N) is 1. The summed E-state index contributed by atoms with van der Waals surface area (Å²) in [6.07, 6.45) is 4.37. The number of benzene rings is 2. The Morgan fingerprint density at radius 2 is 1.72 bits per heavy atom. The van der Waals surface area contributed by atoms with E-state index in [2.05, 4.69) is 22.3 Å². The Balaban J connectivity index is 1.28. The fourth-order valence-corrected chi connectivity index (χ4v) is 4.73. The van der Waals surface area contributed by atoms with E-state index in [0.717, 1.165) is 24.4 Å². The van der Waals surface area contributed by atoms with Gasteiger partial charge in [-0.05, 0) is 55.5 Å². The molecule has 2 bridgehead atoms. The summed E-state index contributed by atoms with van der Waals surface area (Å²) in [5.41, 5.74) is 1.29. The van der Waals surface area contributed by atoms with Crippen molar-refractivity contribution >= 4 is 17.5 Å². The zero-order valence-electron chi connectivity index (χ0n) is 16.6. The molecule has 2 aromatic rings. The summed E-state index contributed by atoms with van der Waals surface area (Å²) in [6.45, 7) is 0.949. The highest BCUT2D eigenvalue weighted by Gasteiger charge is 2.40. The van der Waals surface area contributed by atoms with Gasteiger partial charge in [0.05, 0.1) is 7.11 Å². The van der Waals surface area contributed by atoms with Gasteiger partial charge in [0, 0.05) is 29.7 Å². The molecule has 0 aliphatic carbocycles. The third-order valence-electron chi connectivity index (χ3n) is 5.96. The smallest absolute Gasteiger partial charge is 0.258 e. The van der Waals surface area contributed by atoms with Crippen molar-refractivity contribution in [3.05, 3.63) is 59.1 Å². The van der Waals surface area contributed by atoms with Gasteiger partial charge in [-0.25, -0.2) is 0 Å². The second kappa shape index (κ2) is 9.06. The molecule has 5 nitrogen and oxygen atoms in total. The molecule has 6 heteroatoms. The molecule has 0 saturated carbocycles. The van der Waals surface area contributed by atoms with Crippen LogP contribution in [0.3, 0.4) is 0 Å². The van der Waals surface area contributed by atoms with Crippen LogP contribution in [0.15, 0.2) is 48.5 Å². The number of rotatable bonds is 7. The predicted molar refractivity (Wildman–Crippen MR) is 113 cm³/mol. The van der Waals surface area contributed by atoms with Crippen LogP contribution in [0.2, 0.25) is 5.02 Å². The van der Waals surface area contributed by atoms with Gasteiger partial charge < -0.3 is 14.8 Å². The maximum absolute atomic E-state index is 12.4. The van der Waals surface area contributed by atoms with Crippen molar-refractivity contribution in [3.8, 4) is 11.5 Å². The summed E-state index contributed by atoms with van der Waals surface area (Å²) in [5.74, 6) is 1.14. The van der Waals surface area contributed by atoms with E-state index in [0.29, 0.717) is 23.6 Å². The van der Waals surface area contributed by atoms with E-state index in [1.807, 2.05) is 36.4 Å². The average Bonchev–Trinajstić information content (AvgIpc) is 2.96. The van der Waals surface area contributed by atoms with Crippen LogP contribution in [0.5, 0.6) is 11.5 Å². The van der Waals surface area contributed by atoms with Crippen molar-refractivity contribution < 1.29 is 14.3 Å². The fraction of sp³-hybridized carbons (Fsp3) is 0.435. The van der Waals surface area contributed by atoms with Crippen LogP contribution < -0.4 is 14.8 Å². The minimum Gasteiger partial charge on any atom is -0.493 e. The van der Waals surface area contributed by atoms with Gasteiger partial charge in [0.15, 0.2) is 18.1 Å². The molecule has 0 radical (unpaired) electrons. The number of methoxy groups -OCH3 is 1. The second-order valence-corrected chi connectivity index (χ2v) is 8.30. The monoisotopic (exact) mass is 414 g/mol. The van der Waals surface area contributed by atoms with E-state index >= 15 is 0 Å². The van der Waals surface area contributed by atoms with Crippen molar-refractivity contribution in [2.45, 2.75) is 50.4 Å². The van der Waals surface area contributed by atoms with E-state index in [9.17, 15) is 4.79 Å². The second-order valence-electron chi connectivity index (χ2n) is 7.86. The Hall–Kier alpha value is -2.24. The number of halogens is 1. The maximum Gasteiger partial charge on any atom is 0.258 e. The standard InChI is InChI=1S/C23H27ClN2O3/c1-28-21-4-2-3-5-22(21)29-15-23(27)25-18-12-19-10-11-20(13-18)26(19)14-16-6-8-17(24)9-7-16/h2-9,18-20H,10-15H2,1H3,(H,25,27)/t18-,19+,20-. The highest BCUT2D eigenvalue weighted by molar-refractivity contribution is 6.30. The molecule has 0 aromatic heterocycles. The third-order valence-corrected chi connectivity index (χ3v) is 6.21. The lowest BCUT2D eigenvalue weighted by Crippen LogP contribution is -2.50. The summed E-state index contributed by atoms with van der Waals surface area (Å²) >= 11 is 6.00. The van der Waals surface area contributed by atoms with Crippen LogP contribution in [-0.2, 0) is 11.3 Å². The average molecular weight is 415 g/mol. The van der Waals surface area contributed by atoms with Gasteiger partial charge in [0.25, 0.3) is 5.91 Å². The quantitative estimate of drug-likeness (QED) is 0.742. The molecule has 3 atom stereocenters. The van der Waals surface area contributed by atoms with Crippen molar-refractivity contribution in [3.63, 3.8) is 0 Å². The maximum atomic E-state index is 12.4. The first kappa shape index (κ1) is 20.0. The number of hydrogen-bond donors (Lipinski definition) is 1. The molecule has 0 spiro atoms. The van der Waals surface area contributed by atoms with Crippen molar-refractivity contribution in [1.29, 1.82) is 0 Å². The van der Waals surface area contributed by atoms with Crippen LogP contribution >= 0.6 is 11.6 Å². The molecule has 4 rings (SSSR count). The Morgan fingerprint density at radius 1 is 1.07 bits per heavy atom. The highest BCUT2D eigenvalue weighted by Crippen LogP contribution is 2.37. The summed E-state index contributed by atoms with van der Waals surface area (Å²) in [4.78, 5) is 15.0. The number of nitrogens with zero attached hydrogens (tertiary/aromatic N) is 1. The summed E-state index contributed by atoms with van der Waals surface area (Å²) in [5, 5.41) is 3.94. The van der Waals surface area contributed by atoms with Crippen LogP contribution in [0.4, 0.5) is 0 Å². The molecule has 2 aliphatic rings. The number of ether oxygens (including phenoxy) is 2. The van der Waals surface area contributed by atoms with Crippen LogP contribution in [-0.4, -0.2) is 42.6 Å². The first-order chi connectivity index (χ1) is 14.1. The molecule has 29 heavy (non-hydrogen) atoms. The number of para-hydroxylation sites is 2. The van der Waals surface area contributed by atoms with E-state index in [1.165, 1.54) is 18.4 Å². The zero-order chi connectivity index (χ0) is 20.2. The molecule has 0 unspecified atom stereocenters. The van der Waals surface area contributed by atoms with Crippen molar-refractivity contribution in [1.82, 2.24) is 10.2 Å². The molecule has 1 N–H and O–H groups in total. The lowest BCUT2D eigenvalue weighted by Gasteiger charge is -2.39. The highest BCUT2D eigenvalue weighted by atomic mass is 35.5. The van der Waals surface area contributed by atoms with Crippen LogP contribution in [0, 0.1) is 0 Å². The predicted octanol–water partition coefficient (Wildman–Crippen LogP) is 4.04. The molecule has 2 aliphatic heterocycles. The summed E-state index contributed by atoms with van der Waals surface area (Å²) < 4.78 is 10.9. The number of fused-ring (bicyclic) bond motifs is 2. The number of amides is 1. The number of piperidine rings is 1. The SMILES string of the molecule is COc1ccccc1OCC(=O)N[C@H]1C[C@H]2CC[C@@H](C1)N2Cc1ccc(Cl)cc1. The van der Waals surface area contributed by atoms with Crippen LogP contribution in [0.25, 0.3) is 0 Å². The number of carbonyl (C=O) groups excluding carboxylic acids is 1. The lowest BCUT2D eigenvalue weighted by molar-refractivity contribution is -0.124. The van der Waals surface area contributed by atoms with E-state index in [1.54, 1.807) is 7.11 Å². The molecule has 154 valence electrons. The van der Waals surface area contributed by atoms with E-state index in [4.69, 9.17) is 21.1 Å². The molecule has 2 aromatic carbocycles. The minimum absolute atomic E-state index is 0.000690. The topological polar surface area (TPSA) is 50.8 Å². The minimum atomic E-state index is -0.0774. The number of carbonyl (C=O) groups is 1. The van der Waals surface area contributed by atoms with Gasteiger partial charge in [-0.2, -0.15) is 0 Å². The first-order valence-corrected chi connectivity index (χ1v) is 10.6. The van der Waals surface area contributed by atoms with Crippen LogP contribution in [0.1, 0.15) is 31.2 Å². The third kappa shape index (κ3) is 4.85. The van der Waals surface area contributed by atoms with Gasteiger partial charge in [-0.15, -0.1) is 0 Å². The Kier molecular flexibility index (Phi) is 6.26. The van der Waals surface area contributed by atoms with Gasteiger partial charge in [0.1, 0.15) is 0 Å². The van der Waals surface area contributed by atoms with Gasteiger partial charge in [0.2, 0.25) is 0 Å². The normalized spacial score (nSPS) is 23.6.